The maximum Gasteiger partial charge on any atom is 0.412 e. The topological polar surface area (TPSA) is 98.1 Å². The first-order chi connectivity index (χ1) is 11.1. The van der Waals surface area contributed by atoms with Crippen molar-refractivity contribution in [2.75, 3.05) is 19.0 Å². The maximum atomic E-state index is 11.8. The van der Waals surface area contributed by atoms with Crippen molar-refractivity contribution in [2.24, 2.45) is 0 Å². The molecule has 23 heavy (non-hydrogen) atoms. The van der Waals surface area contributed by atoms with Crippen molar-refractivity contribution in [3.05, 3.63) is 41.6 Å². The van der Waals surface area contributed by atoms with Crippen molar-refractivity contribution in [1.82, 2.24) is 20.3 Å². The first-order valence-electron chi connectivity index (χ1n) is 7.14. The van der Waals surface area contributed by atoms with E-state index in [1.165, 1.54) is 29.1 Å². The molecule has 0 unspecified atom stereocenters. The number of hydrogen-bond donors (Lipinski definition) is 2. The molecule has 1 aromatic carbocycles. The fraction of sp³-hybridized carbons (Fsp3) is 0.333. The first-order valence-corrected chi connectivity index (χ1v) is 7.14. The molecule has 0 saturated carbocycles. The van der Waals surface area contributed by atoms with Crippen LogP contribution < -0.4 is 10.6 Å². The van der Waals surface area contributed by atoms with E-state index >= 15 is 0 Å². The third kappa shape index (κ3) is 5.42. The molecule has 0 radical (unpaired) electrons. The second-order valence-corrected chi connectivity index (χ2v) is 5.00. The van der Waals surface area contributed by atoms with Crippen molar-refractivity contribution >= 4 is 17.8 Å². The van der Waals surface area contributed by atoms with Crippen LogP contribution in [0.4, 0.5) is 10.6 Å². The van der Waals surface area contributed by atoms with Crippen molar-refractivity contribution in [3.63, 3.8) is 0 Å². The Hall–Kier alpha value is -2.90. The summed E-state index contributed by atoms with van der Waals surface area (Å²) in [4.78, 5) is 22.9. The van der Waals surface area contributed by atoms with E-state index in [1.807, 2.05) is 31.2 Å². The minimum absolute atomic E-state index is 0.0315. The number of carbonyl (C=O) groups is 2. The van der Waals surface area contributed by atoms with Crippen LogP contribution in [0.25, 0.3) is 0 Å². The van der Waals surface area contributed by atoms with Crippen molar-refractivity contribution in [2.45, 2.75) is 19.9 Å². The van der Waals surface area contributed by atoms with Gasteiger partial charge in [-0.1, -0.05) is 35.0 Å². The number of ether oxygens (including phenoxy) is 1. The van der Waals surface area contributed by atoms with Crippen LogP contribution in [0.1, 0.15) is 11.1 Å². The molecule has 0 spiro atoms. The van der Waals surface area contributed by atoms with Gasteiger partial charge in [-0.25, -0.2) is 9.48 Å². The molecule has 0 bridgehead atoms. The zero-order valence-electron chi connectivity index (χ0n) is 13.1. The molecule has 8 nitrogen and oxygen atoms in total. The highest BCUT2D eigenvalue weighted by Crippen LogP contribution is 2.03. The maximum absolute atomic E-state index is 11.8. The number of carbonyl (C=O) groups excluding carboxylic acids is 2. The van der Waals surface area contributed by atoms with Gasteiger partial charge in [0.1, 0.15) is 6.54 Å². The molecule has 0 fully saturated rings. The number of nitrogens with one attached hydrogen (secondary N) is 2. The average Bonchev–Trinajstić information content (AvgIpc) is 2.96. The van der Waals surface area contributed by atoms with E-state index in [9.17, 15) is 9.59 Å². The second kappa shape index (κ2) is 7.92. The fourth-order valence-electron chi connectivity index (χ4n) is 1.89. The number of aryl methyl sites for hydroxylation is 1. The Kier molecular flexibility index (Phi) is 5.67. The summed E-state index contributed by atoms with van der Waals surface area (Å²) >= 11 is 0. The largest absolute Gasteiger partial charge is 0.453 e. The Labute approximate surface area is 133 Å². The van der Waals surface area contributed by atoms with Crippen LogP contribution in [0, 0.1) is 6.92 Å². The van der Waals surface area contributed by atoms with Gasteiger partial charge < -0.3 is 10.1 Å². The third-order valence-corrected chi connectivity index (χ3v) is 3.12. The highest BCUT2D eigenvalue weighted by molar-refractivity contribution is 5.82. The van der Waals surface area contributed by atoms with Crippen LogP contribution in [-0.4, -0.2) is 40.6 Å². The van der Waals surface area contributed by atoms with Gasteiger partial charge in [0.15, 0.2) is 5.82 Å². The highest BCUT2D eigenvalue weighted by atomic mass is 16.5. The van der Waals surface area contributed by atoms with E-state index in [-0.39, 0.29) is 18.3 Å². The Morgan fingerprint density at radius 2 is 2.00 bits per heavy atom. The number of benzene rings is 1. The lowest BCUT2D eigenvalue weighted by molar-refractivity contribution is -0.121. The summed E-state index contributed by atoms with van der Waals surface area (Å²) in [5, 5.41) is 12.7. The summed E-state index contributed by atoms with van der Waals surface area (Å²) in [6, 6.07) is 8.18. The first kappa shape index (κ1) is 16.5. The lowest BCUT2D eigenvalue weighted by Crippen LogP contribution is -2.29. The molecule has 0 aliphatic rings. The van der Waals surface area contributed by atoms with Crippen molar-refractivity contribution in [1.29, 1.82) is 0 Å². The van der Waals surface area contributed by atoms with Gasteiger partial charge in [0.25, 0.3) is 0 Å². The van der Waals surface area contributed by atoms with Gasteiger partial charge in [-0.2, -0.15) is 0 Å². The van der Waals surface area contributed by atoms with Crippen LogP contribution in [-0.2, 0) is 22.5 Å². The average molecular weight is 317 g/mol. The Morgan fingerprint density at radius 1 is 1.26 bits per heavy atom. The molecule has 0 saturated heterocycles. The summed E-state index contributed by atoms with van der Waals surface area (Å²) < 4.78 is 5.78. The van der Waals surface area contributed by atoms with Crippen molar-refractivity contribution < 1.29 is 14.3 Å². The third-order valence-electron chi connectivity index (χ3n) is 3.12. The lowest BCUT2D eigenvalue weighted by atomic mass is 10.1. The smallest absolute Gasteiger partial charge is 0.412 e. The predicted molar refractivity (Wildman–Crippen MR) is 83.9 cm³/mol. The molecular weight excluding hydrogens is 298 g/mol. The van der Waals surface area contributed by atoms with Gasteiger partial charge in [-0.05, 0) is 18.9 Å². The number of hydrogen-bond acceptors (Lipinski definition) is 5. The molecule has 0 aliphatic heterocycles. The number of aromatic nitrogens is 3. The zero-order valence-corrected chi connectivity index (χ0v) is 13.1. The van der Waals surface area contributed by atoms with E-state index in [4.69, 9.17) is 0 Å². The minimum Gasteiger partial charge on any atom is -0.453 e. The molecular formula is C15H19N5O3. The molecule has 1 aromatic heterocycles. The van der Waals surface area contributed by atoms with Gasteiger partial charge >= 0.3 is 6.09 Å². The summed E-state index contributed by atoms with van der Waals surface area (Å²) in [5.74, 6) is 0.0518. The van der Waals surface area contributed by atoms with Crippen LogP contribution in [0.5, 0.6) is 0 Å². The number of anilines is 1. The number of nitrogens with zero attached hydrogens (tertiary/aromatic N) is 3. The second-order valence-electron chi connectivity index (χ2n) is 5.00. The molecule has 8 heteroatoms. The van der Waals surface area contributed by atoms with Crippen LogP contribution >= 0.6 is 0 Å². The lowest BCUT2D eigenvalue weighted by Gasteiger charge is -2.05. The Morgan fingerprint density at radius 3 is 2.70 bits per heavy atom. The summed E-state index contributed by atoms with van der Waals surface area (Å²) in [5.41, 5.74) is 2.38. The minimum atomic E-state index is -0.639. The van der Waals surface area contributed by atoms with Gasteiger partial charge in [-0.15, -0.1) is 5.10 Å². The van der Waals surface area contributed by atoms with E-state index in [1.54, 1.807) is 0 Å². The number of amides is 2. The van der Waals surface area contributed by atoms with Gasteiger partial charge in [0, 0.05) is 6.54 Å². The van der Waals surface area contributed by atoms with Gasteiger partial charge in [-0.3, -0.25) is 10.1 Å². The monoisotopic (exact) mass is 317 g/mol. The number of methoxy groups -OCH3 is 1. The molecule has 0 atom stereocenters. The number of rotatable bonds is 6. The van der Waals surface area contributed by atoms with E-state index in [0.717, 1.165) is 6.42 Å². The quantitative estimate of drug-likeness (QED) is 0.832. The van der Waals surface area contributed by atoms with Crippen LogP contribution in [0.15, 0.2) is 30.5 Å². The summed E-state index contributed by atoms with van der Waals surface area (Å²) in [6.45, 7) is 2.61. The van der Waals surface area contributed by atoms with Gasteiger partial charge in [0.05, 0.1) is 13.3 Å². The van der Waals surface area contributed by atoms with E-state index < -0.39 is 6.09 Å². The fourth-order valence-corrected chi connectivity index (χ4v) is 1.89. The molecule has 122 valence electrons. The molecule has 2 amide bonds. The normalized spacial score (nSPS) is 10.2. The van der Waals surface area contributed by atoms with E-state index in [0.29, 0.717) is 6.54 Å². The molecule has 2 N–H and O–H groups in total. The zero-order chi connectivity index (χ0) is 16.7. The summed E-state index contributed by atoms with van der Waals surface area (Å²) in [6.07, 6.45) is 1.58. The summed E-state index contributed by atoms with van der Waals surface area (Å²) in [7, 11) is 1.25. The predicted octanol–water partition coefficient (Wildman–Crippen LogP) is 1.12. The highest BCUT2D eigenvalue weighted by Gasteiger charge is 2.08. The molecule has 2 rings (SSSR count). The van der Waals surface area contributed by atoms with Crippen LogP contribution in [0.3, 0.4) is 0 Å². The molecule has 2 aromatic rings. The Balaban J connectivity index is 1.74. The van der Waals surface area contributed by atoms with Crippen molar-refractivity contribution in [3.8, 4) is 0 Å². The van der Waals surface area contributed by atoms with Gasteiger partial charge in [0.2, 0.25) is 5.91 Å². The molecule has 0 aliphatic carbocycles. The SMILES string of the molecule is COC(=O)Nc1cn(CC(=O)NCCc2ccc(C)cc2)nn1. The van der Waals surface area contributed by atoms with E-state index in [2.05, 4.69) is 25.7 Å². The Bertz CT molecular complexity index is 666. The molecule has 1 heterocycles. The van der Waals surface area contributed by atoms with Crippen LogP contribution in [0.2, 0.25) is 0 Å². The standard InChI is InChI=1S/C15H19N5O3/c1-11-3-5-12(6-4-11)7-8-16-14(21)10-20-9-13(18-19-20)17-15(22)23-2/h3-6,9H,7-8,10H2,1-2H3,(H,16,21)(H,17,22).